The summed E-state index contributed by atoms with van der Waals surface area (Å²) in [4.78, 5) is 0. The number of aryl methyl sites for hydroxylation is 2. The van der Waals surface area contributed by atoms with Crippen LogP contribution >= 0.6 is 0 Å². The van der Waals surface area contributed by atoms with Gasteiger partial charge in [0.05, 0.1) is 11.6 Å². The third-order valence-corrected chi connectivity index (χ3v) is 4.00. The van der Waals surface area contributed by atoms with Gasteiger partial charge in [0.1, 0.15) is 0 Å². The topological polar surface area (TPSA) is 21.3 Å². The van der Waals surface area contributed by atoms with E-state index in [-0.39, 0.29) is 5.60 Å². The molecule has 2 rings (SSSR count). The maximum atomic E-state index is 6.03. The molecule has 1 heterocycles. The fourth-order valence-electron chi connectivity index (χ4n) is 3.04. The van der Waals surface area contributed by atoms with Gasteiger partial charge in [-0.3, -0.25) is 0 Å². The lowest BCUT2D eigenvalue weighted by atomic mass is 9.85. The first-order chi connectivity index (χ1) is 8.57. The number of hydrogen-bond donors (Lipinski definition) is 1. The Hall–Kier alpha value is -0.860. The molecule has 0 spiro atoms. The largest absolute Gasteiger partial charge is 0.373 e. The lowest BCUT2D eigenvalue weighted by molar-refractivity contribution is -0.0122. The first kappa shape index (κ1) is 13.6. The average molecular weight is 247 g/mol. The molecule has 1 N–H and O–H groups in total. The van der Waals surface area contributed by atoms with Gasteiger partial charge >= 0.3 is 0 Å². The maximum absolute atomic E-state index is 6.03. The molecule has 2 nitrogen and oxygen atoms in total. The Balaban J connectivity index is 2.34. The number of hydrogen-bond acceptors (Lipinski definition) is 2. The second-order valence-electron chi connectivity index (χ2n) is 5.62. The molecule has 1 aromatic carbocycles. The molecule has 1 saturated heterocycles. The molecule has 18 heavy (non-hydrogen) atoms. The molecule has 0 aromatic heterocycles. The van der Waals surface area contributed by atoms with Crippen molar-refractivity contribution >= 4 is 0 Å². The molecule has 1 aromatic rings. The van der Waals surface area contributed by atoms with Crippen molar-refractivity contribution in [3.8, 4) is 0 Å². The Bertz CT molecular complexity index is 408. The summed E-state index contributed by atoms with van der Waals surface area (Å²) in [6, 6.07) is 7.01. The molecule has 1 fully saturated rings. The number of benzene rings is 1. The minimum absolute atomic E-state index is 0.0595. The van der Waals surface area contributed by atoms with Crippen LogP contribution in [0.4, 0.5) is 0 Å². The monoisotopic (exact) mass is 247 g/mol. The molecule has 2 unspecified atom stereocenters. The maximum Gasteiger partial charge on any atom is 0.0849 e. The van der Waals surface area contributed by atoms with E-state index in [0.717, 1.165) is 19.6 Å². The van der Waals surface area contributed by atoms with Crippen molar-refractivity contribution in [1.29, 1.82) is 0 Å². The van der Waals surface area contributed by atoms with Gasteiger partial charge in [-0.2, -0.15) is 0 Å². The molecule has 2 atom stereocenters. The van der Waals surface area contributed by atoms with Crippen LogP contribution in [-0.4, -0.2) is 18.8 Å². The van der Waals surface area contributed by atoms with Gasteiger partial charge in [0.15, 0.2) is 0 Å². The number of ether oxygens (including phenoxy) is 1. The highest BCUT2D eigenvalue weighted by molar-refractivity contribution is 5.34. The van der Waals surface area contributed by atoms with Gasteiger partial charge in [0.2, 0.25) is 0 Å². The van der Waals surface area contributed by atoms with Crippen molar-refractivity contribution in [3.05, 3.63) is 34.9 Å². The van der Waals surface area contributed by atoms with Crippen LogP contribution in [0, 0.1) is 13.8 Å². The van der Waals surface area contributed by atoms with E-state index in [9.17, 15) is 0 Å². The Morgan fingerprint density at radius 2 is 2.17 bits per heavy atom. The summed E-state index contributed by atoms with van der Waals surface area (Å²) in [5.41, 5.74) is 4.00. The summed E-state index contributed by atoms with van der Waals surface area (Å²) in [6.45, 7) is 10.6. The van der Waals surface area contributed by atoms with E-state index in [0.29, 0.717) is 6.04 Å². The smallest absolute Gasteiger partial charge is 0.0849 e. The summed E-state index contributed by atoms with van der Waals surface area (Å²) in [5.74, 6) is 0. The van der Waals surface area contributed by atoms with E-state index in [1.54, 1.807) is 0 Å². The number of likely N-dealkylation sites (N-methyl/N-ethyl adjacent to an activating group) is 1. The van der Waals surface area contributed by atoms with Gasteiger partial charge in [-0.05, 0) is 51.3 Å². The summed E-state index contributed by atoms with van der Waals surface area (Å²) < 4.78 is 6.03. The van der Waals surface area contributed by atoms with Crippen LogP contribution in [0.2, 0.25) is 0 Å². The summed E-state index contributed by atoms with van der Waals surface area (Å²) in [7, 11) is 0. The van der Waals surface area contributed by atoms with Gasteiger partial charge in [-0.1, -0.05) is 30.7 Å². The van der Waals surface area contributed by atoms with Gasteiger partial charge in [-0.25, -0.2) is 0 Å². The molecule has 0 radical (unpaired) electrons. The Labute approximate surface area is 111 Å². The molecule has 0 bridgehead atoms. The van der Waals surface area contributed by atoms with Crippen molar-refractivity contribution in [2.45, 2.75) is 52.2 Å². The van der Waals surface area contributed by atoms with Crippen LogP contribution in [0.1, 0.15) is 49.4 Å². The SMILES string of the molecule is CCNC(c1ccc(C)cc1C)C1(C)CCCO1. The van der Waals surface area contributed by atoms with Crippen molar-refractivity contribution in [1.82, 2.24) is 5.32 Å². The quantitative estimate of drug-likeness (QED) is 0.879. The normalized spacial score (nSPS) is 25.3. The minimum Gasteiger partial charge on any atom is -0.373 e. The van der Waals surface area contributed by atoms with Gasteiger partial charge in [-0.15, -0.1) is 0 Å². The van der Waals surface area contributed by atoms with Crippen LogP contribution in [0.25, 0.3) is 0 Å². The Morgan fingerprint density at radius 1 is 1.39 bits per heavy atom. The van der Waals surface area contributed by atoms with Crippen LogP contribution in [0.5, 0.6) is 0 Å². The number of rotatable bonds is 4. The van der Waals surface area contributed by atoms with E-state index < -0.39 is 0 Å². The van der Waals surface area contributed by atoms with Crippen LogP contribution in [-0.2, 0) is 4.74 Å². The minimum atomic E-state index is -0.0595. The van der Waals surface area contributed by atoms with Gasteiger partial charge in [0, 0.05) is 6.61 Å². The highest BCUT2D eigenvalue weighted by Gasteiger charge is 2.39. The van der Waals surface area contributed by atoms with Gasteiger partial charge in [0.25, 0.3) is 0 Å². The lowest BCUT2D eigenvalue weighted by Gasteiger charge is -2.35. The number of nitrogens with one attached hydrogen (secondary N) is 1. The highest BCUT2D eigenvalue weighted by Crippen LogP contribution is 2.38. The van der Waals surface area contributed by atoms with Crippen LogP contribution < -0.4 is 5.32 Å². The molecular formula is C16H25NO. The standard InChI is InChI=1S/C16H25NO/c1-5-17-15(16(4)9-6-10-18-16)14-8-7-12(2)11-13(14)3/h7-8,11,15,17H,5-6,9-10H2,1-4H3. The van der Waals surface area contributed by atoms with Crippen molar-refractivity contribution in [2.24, 2.45) is 0 Å². The summed E-state index contributed by atoms with van der Waals surface area (Å²) in [5, 5.41) is 3.62. The van der Waals surface area contributed by atoms with Gasteiger partial charge < -0.3 is 10.1 Å². The zero-order valence-electron chi connectivity index (χ0n) is 12.0. The van der Waals surface area contributed by atoms with E-state index in [2.05, 4.69) is 51.2 Å². The zero-order chi connectivity index (χ0) is 13.2. The van der Waals surface area contributed by atoms with Crippen LogP contribution in [0.15, 0.2) is 18.2 Å². The second-order valence-corrected chi connectivity index (χ2v) is 5.62. The predicted molar refractivity (Wildman–Crippen MR) is 75.9 cm³/mol. The third kappa shape index (κ3) is 2.60. The van der Waals surface area contributed by atoms with Crippen molar-refractivity contribution < 1.29 is 4.74 Å². The Morgan fingerprint density at radius 3 is 2.72 bits per heavy atom. The third-order valence-electron chi connectivity index (χ3n) is 4.00. The highest BCUT2D eigenvalue weighted by atomic mass is 16.5. The molecule has 0 aliphatic carbocycles. The zero-order valence-corrected chi connectivity index (χ0v) is 12.0. The van der Waals surface area contributed by atoms with E-state index in [1.165, 1.54) is 23.1 Å². The first-order valence-corrected chi connectivity index (χ1v) is 7.01. The van der Waals surface area contributed by atoms with E-state index in [4.69, 9.17) is 4.74 Å². The fourth-order valence-corrected chi connectivity index (χ4v) is 3.04. The molecule has 0 saturated carbocycles. The van der Waals surface area contributed by atoms with Crippen molar-refractivity contribution in [2.75, 3.05) is 13.2 Å². The average Bonchev–Trinajstić information content (AvgIpc) is 2.75. The van der Waals surface area contributed by atoms with E-state index >= 15 is 0 Å². The lowest BCUT2D eigenvalue weighted by Crippen LogP contribution is -2.41. The molecular weight excluding hydrogens is 222 g/mol. The summed E-state index contributed by atoms with van der Waals surface area (Å²) >= 11 is 0. The molecule has 1 aliphatic heterocycles. The van der Waals surface area contributed by atoms with Crippen LogP contribution in [0.3, 0.4) is 0 Å². The first-order valence-electron chi connectivity index (χ1n) is 7.01. The molecule has 1 aliphatic rings. The second kappa shape index (κ2) is 5.41. The van der Waals surface area contributed by atoms with Crippen molar-refractivity contribution in [3.63, 3.8) is 0 Å². The van der Waals surface area contributed by atoms with E-state index in [1.807, 2.05) is 0 Å². The molecule has 2 heteroatoms. The molecule has 0 amide bonds. The fraction of sp³-hybridized carbons (Fsp3) is 0.625. The predicted octanol–water partition coefficient (Wildman–Crippen LogP) is 3.52. The Kier molecular flexibility index (Phi) is 4.08. The summed E-state index contributed by atoms with van der Waals surface area (Å²) in [6.07, 6.45) is 2.31. The molecule has 100 valence electrons.